The molecular formula is C20H27ClN2O3. The van der Waals surface area contributed by atoms with E-state index in [-0.39, 0.29) is 5.75 Å². The lowest BCUT2D eigenvalue weighted by molar-refractivity contribution is -0.0649. The van der Waals surface area contributed by atoms with Gasteiger partial charge in [-0.15, -0.1) is 0 Å². The van der Waals surface area contributed by atoms with Crippen molar-refractivity contribution in [3.63, 3.8) is 0 Å². The molecule has 142 valence electrons. The van der Waals surface area contributed by atoms with Crippen LogP contribution in [0.4, 0.5) is 0 Å². The smallest absolute Gasteiger partial charge is 0.150 e. The number of aryl methyl sites for hydroxylation is 1. The number of pyridine rings is 1. The highest BCUT2D eigenvalue weighted by molar-refractivity contribution is 6.30. The number of nitrogens with zero attached hydrogens (tertiary/aromatic N) is 1. The van der Waals surface area contributed by atoms with Gasteiger partial charge in [-0.05, 0) is 51.4 Å². The summed E-state index contributed by atoms with van der Waals surface area (Å²) in [5.41, 5.74) is 1.13. The summed E-state index contributed by atoms with van der Waals surface area (Å²) in [6.07, 6.45) is 2.44. The topological polar surface area (TPSA) is 74.6 Å². The van der Waals surface area contributed by atoms with Crippen LogP contribution in [0.5, 0.6) is 11.5 Å². The van der Waals surface area contributed by atoms with Crippen LogP contribution in [-0.2, 0) is 0 Å². The van der Waals surface area contributed by atoms with Crippen molar-refractivity contribution in [1.29, 1.82) is 0 Å². The Morgan fingerprint density at radius 2 is 2.04 bits per heavy atom. The molecule has 2 unspecified atom stereocenters. The van der Waals surface area contributed by atoms with Gasteiger partial charge in [-0.1, -0.05) is 31.4 Å². The third-order valence-electron chi connectivity index (χ3n) is 5.11. The molecule has 0 fully saturated rings. The predicted octanol–water partition coefficient (Wildman–Crippen LogP) is 4.26. The van der Waals surface area contributed by atoms with E-state index in [2.05, 4.69) is 17.2 Å². The lowest BCUT2D eigenvalue weighted by atomic mass is 9.85. The molecule has 1 aromatic heterocycles. The maximum absolute atomic E-state index is 11.0. The Labute approximate surface area is 159 Å². The first-order valence-electron chi connectivity index (χ1n) is 9.19. The van der Waals surface area contributed by atoms with Crippen molar-refractivity contribution in [1.82, 2.24) is 10.3 Å². The van der Waals surface area contributed by atoms with E-state index in [1.54, 1.807) is 6.07 Å². The quantitative estimate of drug-likeness (QED) is 0.535. The van der Waals surface area contributed by atoms with Crippen molar-refractivity contribution >= 4 is 22.5 Å². The van der Waals surface area contributed by atoms with Crippen molar-refractivity contribution in [2.24, 2.45) is 0 Å². The molecule has 2 aromatic rings. The number of fused-ring (bicyclic) bond motifs is 2. The molecule has 0 radical (unpaired) electrons. The summed E-state index contributed by atoms with van der Waals surface area (Å²) in [5.74, 6) is 0.594. The highest BCUT2D eigenvalue weighted by Gasteiger charge is 2.44. The Hall–Kier alpha value is -1.56. The van der Waals surface area contributed by atoms with Crippen molar-refractivity contribution in [2.45, 2.75) is 64.7 Å². The summed E-state index contributed by atoms with van der Waals surface area (Å²) in [6, 6.07) is 3.22. The summed E-state index contributed by atoms with van der Waals surface area (Å²) in [6.45, 7) is 8.54. The first-order chi connectivity index (χ1) is 12.3. The molecule has 2 heterocycles. The van der Waals surface area contributed by atoms with Crippen molar-refractivity contribution in [3.05, 3.63) is 28.4 Å². The van der Waals surface area contributed by atoms with Crippen LogP contribution in [0, 0.1) is 6.92 Å². The van der Waals surface area contributed by atoms with Crippen LogP contribution < -0.4 is 10.1 Å². The monoisotopic (exact) mass is 378 g/mol. The van der Waals surface area contributed by atoms with Crippen molar-refractivity contribution < 1.29 is 14.9 Å². The number of ether oxygens (including phenoxy) is 1. The highest BCUT2D eigenvalue weighted by Crippen LogP contribution is 2.47. The molecule has 2 atom stereocenters. The number of unbranched alkanes of at least 4 members (excludes halogenated alkanes) is 2. The van der Waals surface area contributed by atoms with E-state index in [9.17, 15) is 10.2 Å². The molecule has 1 aromatic carbocycles. The molecule has 1 aliphatic heterocycles. The number of aliphatic hydroxyl groups is 1. The number of phenols is 1. The fraction of sp³-hybridized carbons (Fsp3) is 0.550. The van der Waals surface area contributed by atoms with E-state index in [0.29, 0.717) is 22.0 Å². The van der Waals surface area contributed by atoms with Crippen LogP contribution in [0.2, 0.25) is 5.15 Å². The zero-order chi connectivity index (χ0) is 19.1. The maximum Gasteiger partial charge on any atom is 0.150 e. The summed E-state index contributed by atoms with van der Waals surface area (Å²) >= 11 is 6.09. The van der Waals surface area contributed by atoms with Gasteiger partial charge in [0.2, 0.25) is 0 Å². The van der Waals surface area contributed by atoms with Gasteiger partial charge in [-0.3, -0.25) is 0 Å². The van der Waals surface area contributed by atoms with Crippen LogP contribution in [0.1, 0.15) is 57.2 Å². The second kappa shape index (κ2) is 7.22. The SMILES string of the molecule is CCCCCNC1c2c(cc3c(C)cc(Cl)nc3c2O)OC(C)(C)C1O. The fourth-order valence-electron chi connectivity index (χ4n) is 3.59. The first-order valence-corrected chi connectivity index (χ1v) is 9.57. The molecule has 26 heavy (non-hydrogen) atoms. The van der Waals surface area contributed by atoms with Gasteiger partial charge < -0.3 is 20.3 Å². The number of phenolic OH excluding ortho intramolecular Hbond substituents is 1. The molecule has 0 bridgehead atoms. The zero-order valence-electron chi connectivity index (χ0n) is 15.8. The number of hydrogen-bond acceptors (Lipinski definition) is 5. The van der Waals surface area contributed by atoms with E-state index in [1.165, 1.54) is 0 Å². The molecule has 0 saturated heterocycles. The van der Waals surface area contributed by atoms with E-state index < -0.39 is 17.7 Å². The summed E-state index contributed by atoms with van der Waals surface area (Å²) in [4.78, 5) is 4.30. The number of benzene rings is 1. The number of hydrogen-bond donors (Lipinski definition) is 3. The number of aromatic hydroxyl groups is 1. The molecule has 3 rings (SSSR count). The molecular weight excluding hydrogens is 352 g/mol. The Morgan fingerprint density at radius 3 is 2.73 bits per heavy atom. The molecule has 1 aliphatic rings. The second-order valence-corrected chi connectivity index (χ2v) is 7.97. The van der Waals surface area contributed by atoms with Crippen LogP contribution in [0.25, 0.3) is 10.9 Å². The van der Waals surface area contributed by atoms with Crippen molar-refractivity contribution in [2.75, 3.05) is 6.54 Å². The Morgan fingerprint density at radius 1 is 1.31 bits per heavy atom. The van der Waals surface area contributed by atoms with Crippen LogP contribution in [0.15, 0.2) is 12.1 Å². The molecule has 0 aliphatic carbocycles. The Kier molecular flexibility index (Phi) is 5.33. The third-order valence-corrected chi connectivity index (χ3v) is 5.30. The van der Waals surface area contributed by atoms with Gasteiger partial charge >= 0.3 is 0 Å². The third kappa shape index (κ3) is 3.36. The number of rotatable bonds is 5. The number of halogens is 1. The average Bonchev–Trinajstić information content (AvgIpc) is 2.56. The second-order valence-electron chi connectivity index (χ2n) is 7.58. The van der Waals surface area contributed by atoms with Crippen molar-refractivity contribution in [3.8, 4) is 11.5 Å². The molecule has 3 N–H and O–H groups in total. The largest absolute Gasteiger partial charge is 0.505 e. The number of aromatic nitrogens is 1. The minimum absolute atomic E-state index is 0.0191. The number of aliphatic hydroxyl groups excluding tert-OH is 1. The summed E-state index contributed by atoms with van der Waals surface area (Å²) in [7, 11) is 0. The normalized spacial score (nSPS) is 21.5. The van der Waals surface area contributed by atoms with Gasteiger partial charge in [0.05, 0.1) is 11.6 Å². The van der Waals surface area contributed by atoms with Gasteiger partial charge in [0.1, 0.15) is 33.9 Å². The predicted molar refractivity (Wildman–Crippen MR) is 104 cm³/mol. The Bertz CT molecular complexity index is 823. The van der Waals surface area contributed by atoms with Gasteiger partial charge in [-0.25, -0.2) is 4.98 Å². The fourth-order valence-corrected chi connectivity index (χ4v) is 3.84. The lowest BCUT2D eigenvalue weighted by Crippen LogP contribution is -2.52. The molecule has 5 nitrogen and oxygen atoms in total. The summed E-state index contributed by atoms with van der Waals surface area (Å²) in [5, 5.41) is 26.3. The maximum atomic E-state index is 11.0. The number of nitrogens with one attached hydrogen (secondary N) is 1. The lowest BCUT2D eigenvalue weighted by Gasteiger charge is -2.42. The molecule has 0 saturated carbocycles. The van der Waals surface area contributed by atoms with Gasteiger partial charge in [0, 0.05) is 5.39 Å². The first kappa shape index (κ1) is 19.2. The van der Waals surface area contributed by atoms with E-state index in [4.69, 9.17) is 16.3 Å². The minimum atomic E-state index is -0.805. The van der Waals surface area contributed by atoms with Crippen LogP contribution in [0.3, 0.4) is 0 Å². The highest BCUT2D eigenvalue weighted by atomic mass is 35.5. The minimum Gasteiger partial charge on any atom is -0.505 e. The Balaban J connectivity index is 2.12. The molecule has 6 heteroatoms. The summed E-state index contributed by atoms with van der Waals surface area (Å²) < 4.78 is 6.05. The van der Waals surface area contributed by atoms with Gasteiger partial charge in [-0.2, -0.15) is 0 Å². The van der Waals surface area contributed by atoms with Gasteiger partial charge in [0.25, 0.3) is 0 Å². The average molecular weight is 379 g/mol. The van der Waals surface area contributed by atoms with Crippen LogP contribution >= 0.6 is 11.6 Å². The molecule has 0 amide bonds. The van der Waals surface area contributed by atoms with E-state index in [1.807, 2.05) is 26.8 Å². The standard InChI is InChI=1S/C20H27ClN2O3/c1-5-6-7-8-22-17-15-13(26-20(3,4)19(17)25)10-12-11(2)9-14(21)23-16(12)18(15)24/h9-10,17,19,22,24-25H,5-8H2,1-4H3. The van der Waals surface area contributed by atoms with E-state index in [0.717, 1.165) is 36.8 Å². The zero-order valence-corrected chi connectivity index (χ0v) is 16.5. The van der Waals surface area contributed by atoms with E-state index >= 15 is 0 Å². The van der Waals surface area contributed by atoms with Gasteiger partial charge in [0.15, 0.2) is 0 Å². The van der Waals surface area contributed by atoms with Crippen LogP contribution in [-0.4, -0.2) is 33.4 Å². The molecule has 0 spiro atoms.